The molecule has 0 spiro atoms. The minimum absolute atomic E-state index is 0.155. The van der Waals surface area contributed by atoms with Gasteiger partial charge >= 0.3 is 0 Å². The van der Waals surface area contributed by atoms with Gasteiger partial charge in [-0.25, -0.2) is 0 Å². The lowest BCUT2D eigenvalue weighted by atomic mass is 9.97. The molecule has 2 heterocycles. The number of aryl methyl sites for hydroxylation is 1. The Kier molecular flexibility index (Phi) is 4.52. The summed E-state index contributed by atoms with van der Waals surface area (Å²) < 4.78 is 0. The fourth-order valence-electron chi connectivity index (χ4n) is 2.81. The van der Waals surface area contributed by atoms with E-state index in [1.165, 1.54) is 0 Å². The highest BCUT2D eigenvalue weighted by atomic mass is 16.6. The molecule has 1 aliphatic rings. The van der Waals surface area contributed by atoms with Crippen molar-refractivity contribution in [2.75, 3.05) is 13.1 Å². The zero-order valence-electron chi connectivity index (χ0n) is 12.5. The second kappa shape index (κ2) is 6.17. The summed E-state index contributed by atoms with van der Waals surface area (Å²) in [5.41, 5.74) is 2.93. The lowest BCUT2D eigenvalue weighted by molar-refractivity contribution is -0.386. The van der Waals surface area contributed by atoms with E-state index in [0.29, 0.717) is 24.1 Å². The van der Waals surface area contributed by atoms with Gasteiger partial charge in [0.05, 0.1) is 16.3 Å². The highest BCUT2D eigenvalue weighted by Crippen LogP contribution is 2.25. The van der Waals surface area contributed by atoms with Crippen molar-refractivity contribution < 1.29 is 10.1 Å². The molecule has 0 aromatic carbocycles. The van der Waals surface area contributed by atoms with Crippen LogP contribution in [0.3, 0.4) is 0 Å². The van der Waals surface area contributed by atoms with Crippen LogP contribution in [0.4, 0.5) is 5.69 Å². The molecule has 7 nitrogen and oxygen atoms in total. The Labute approximate surface area is 123 Å². The average molecular weight is 292 g/mol. The molecule has 1 fully saturated rings. The van der Waals surface area contributed by atoms with Crippen LogP contribution in [-0.4, -0.2) is 38.8 Å². The molecule has 0 bridgehead atoms. The van der Waals surface area contributed by atoms with Crippen molar-refractivity contribution in [2.24, 2.45) is 11.1 Å². The zero-order chi connectivity index (χ0) is 15.6. The number of hydrogen-bond donors (Lipinski definition) is 1. The lowest BCUT2D eigenvalue weighted by Crippen LogP contribution is -2.39. The molecular formula is C14H20N4O3. The van der Waals surface area contributed by atoms with Gasteiger partial charge in [0, 0.05) is 49.3 Å². The van der Waals surface area contributed by atoms with E-state index >= 15 is 0 Å². The Morgan fingerprint density at radius 3 is 2.86 bits per heavy atom. The van der Waals surface area contributed by atoms with Gasteiger partial charge in [-0.3, -0.25) is 20.0 Å². The van der Waals surface area contributed by atoms with Crippen molar-refractivity contribution >= 4 is 11.4 Å². The van der Waals surface area contributed by atoms with E-state index in [0.717, 1.165) is 24.5 Å². The quantitative estimate of drug-likeness (QED) is 0.524. The number of rotatable bonds is 3. The minimum atomic E-state index is -0.342. The SMILES string of the molecule is Cc1cnc(CN2CCC(=NO)C(C)C2)c(C)c1[N+](=O)[O-]. The summed E-state index contributed by atoms with van der Waals surface area (Å²) in [6.45, 7) is 7.58. The summed E-state index contributed by atoms with van der Waals surface area (Å²) in [7, 11) is 0. The third-order valence-electron chi connectivity index (χ3n) is 4.05. The van der Waals surface area contributed by atoms with Gasteiger partial charge in [-0.1, -0.05) is 12.1 Å². The van der Waals surface area contributed by atoms with Crippen molar-refractivity contribution in [3.8, 4) is 0 Å². The van der Waals surface area contributed by atoms with Crippen LogP contribution in [-0.2, 0) is 6.54 Å². The van der Waals surface area contributed by atoms with Gasteiger partial charge in [0.1, 0.15) is 0 Å². The number of oxime groups is 1. The summed E-state index contributed by atoms with van der Waals surface area (Å²) in [5, 5.41) is 23.4. The van der Waals surface area contributed by atoms with Crippen molar-refractivity contribution in [2.45, 2.75) is 33.7 Å². The molecule has 0 aliphatic carbocycles. The van der Waals surface area contributed by atoms with Crippen LogP contribution >= 0.6 is 0 Å². The van der Waals surface area contributed by atoms with E-state index in [2.05, 4.69) is 15.0 Å². The molecule has 1 aromatic heterocycles. The van der Waals surface area contributed by atoms with E-state index < -0.39 is 0 Å². The van der Waals surface area contributed by atoms with Crippen molar-refractivity contribution in [3.63, 3.8) is 0 Å². The molecule has 21 heavy (non-hydrogen) atoms. The Morgan fingerprint density at radius 1 is 1.57 bits per heavy atom. The van der Waals surface area contributed by atoms with Gasteiger partial charge in [-0.2, -0.15) is 0 Å². The average Bonchev–Trinajstić information content (AvgIpc) is 2.42. The summed E-state index contributed by atoms with van der Waals surface area (Å²) in [6.07, 6.45) is 2.28. The molecule has 114 valence electrons. The van der Waals surface area contributed by atoms with Gasteiger partial charge < -0.3 is 5.21 Å². The molecule has 1 aromatic rings. The normalized spacial score (nSPS) is 21.7. The van der Waals surface area contributed by atoms with Crippen LogP contribution < -0.4 is 0 Å². The number of piperidine rings is 1. The first kappa shape index (κ1) is 15.4. The molecule has 1 aliphatic heterocycles. The van der Waals surface area contributed by atoms with Crippen LogP contribution in [0, 0.1) is 29.9 Å². The first-order valence-electron chi connectivity index (χ1n) is 6.96. The molecule has 0 radical (unpaired) electrons. The third-order valence-corrected chi connectivity index (χ3v) is 4.05. The Balaban J connectivity index is 2.18. The first-order chi connectivity index (χ1) is 9.93. The van der Waals surface area contributed by atoms with E-state index in [-0.39, 0.29) is 16.5 Å². The lowest BCUT2D eigenvalue weighted by Gasteiger charge is -2.31. The number of nitrogens with zero attached hydrogens (tertiary/aromatic N) is 4. The molecule has 0 saturated carbocycles. The predicted molar refractivity (Wildman–Crippen MR) is 78.6 cm³/mol. The van der Waals surface area contributed by atoms with E-state index in [1.54, 1.807) is 20.0 Å². The van der Waals surface area contributed by atoms with Crippen molar-refractivity contribution in [3.05, 3.63) is 33.1 Å². The number of likely N-dealkylation sites (tertiary alicyclic amines) is 1. The molecule has 2 rings (SSSR count). The highest BCUT2D eigenvalue weighted by molar-refractivity contribution is 5.86. The number of hydrogen-bond acceptors (Lipinski definition) is 6. The number of aromatic nitrogens is 1. The fraction of sp³-hybridized carbons (Fsp3) is 0.571. The smallest absolute Gasteiger partial charge is 0.278 e. The maximum atomic E-state index is 11.1. The largest absolute Gasteiger partial charge is 0.411 e. The van der Waals surface area contributed by atoms with Gasteiger partial charge in [-0.15, -0.1) is 0 Å². The van der Waals surface area contributed by atoms with E-state index in [9.17, 15) is 10.1 Å². The van der Waals surface area contributed by atoms with Gasteiger partial charge in [0.25, 0.3) is 5.69 Å². The van der Waals surface area contributed by atoms with Crippen molar-refractivity contribution in [1.29, 1.82) is 0 Å². The summed E-state index contributed by atoms with van der Waals surface area (Å²) in [5.74, 6) is 0.185. The monoisotopic (exact) mass is 292 g/mol. The Hall–Kier alpha value is -2.02. The standard InChI is InChI=1S/C14H20N4O3/c1-9-6-15-13(11(3)14(9)18(20)21)8-17-5-4-12(16-19)10(2)7-17/h6,10,19H,4-5,7-8H2,1-3H3. The molecule has 1 atom stereocenters. The van der Waals surface area contributed by atoms with Crippen molar-refractivity contribution in [1.82, 2.24) is 9.88 Å². The highest BCUT2D eigenvalue weighted by Gasteiger charge is 2.25. The molecular weight excluding hydrogens is 272 g/mol. The number of nitro groups is 1. The summed E-state index contributed by atoms with van der Waals surface area (Å²) in [4.78, 5) is 17.3. The van der Waals surface area contributed by atoms with Crippen LogP contribution in [0.2, 0.25) is 0 Å². The van der Waals surface area contributed by atoms with E-state index in [1.807, 2.05) is 6.92 Å². The third kappa shape index (κ3) is 3.18. The Bertz CT molecular complexity index is 586. The zero-order valence-corrected chi connectivity index (χ0v) is 12.5. The summed E-state index contributed by atoms with van der Waals surface area (Å²) in [6, 6.07) is 0. The fourth-order valence-corrected chi connectivity index (χ4v) is 2.81. The first-order valence-corrected chi connectivity index (χ1v) is 6.96. The van der Waals surface area contributed by atoms with Crippen LogP contribution in [0.15, 0.2) is 11.4 Å². The summed E-state index contributed by atoms with van der Waals surface area (Å²) >= 11 is 0. The molecule has 1 N–H and O–H groups in total. The number of pyridine rings is 1. The second-order valence-electron chi connectivity index (χ2n) is 5.60. The van der Waals surface area contributed by atoms with Gasteiger partial charge in [0.15, 0.2) is 0 Å². The van der Waals surface area contributed by atoms with Crippen LogP contribution in [0.1, 0.15) is 30.2 Å². The molecule has 0 amide bonds. The Morgan fingerprint density at radius 2 is 2.29 bits per heavy atom. The maximum Gasteiger partial charge on any atom is 0.278 e. The van der Waals surface area contributed by atoms with Gasteiger partial charge in [-0.05, 0) is 13.8 Å². The maximum absolute atomic E-state index is 11.1. The van der Waals surface area contributed by atoms with Crippen LogP contribution in [0.5, 0.6) is 0 Å². The predicted octanol–water partition coefficient (Wildman–Crippen LogP) is 2.28. The molecule has 1 unspecified atom stereocenters. The van der Waals surface area contributed by atoms with Crippen LogP contribution in [0.25, 0.3) is 0 Å². The van der Waals surface area contributed by atoms with Gasteiger partial charge in [0.2, 0.25) is 0 Å². The minimum Gasteiger partial charge on any atom is -0.411 e. The topological polar surface area (TPSA) is 91.9 Å². The molecule has 7 heteroatoms. The van der Waals surface area contributed by atoms with E-state index in [4.69, 9.17) is 5.21 Å². The molecule has 1 saturated heterocycles. The second-order valence-corrected chi connectivity index (χ2v) is 5.60.